The minimum absolute atomic E-state index is 0.362. The zero-order valence-electron chi connectivity index (χ0n) is 14.4. The Labute approximate surface area is 153 Å². The Hall–Kier alpha value is -3.03. The molecule has 5 nitrogen and oxygen atoms in total. The summed E-state index contributed by atoms with van der Waals surface area (Å²) in [4.78, 5) is 23.6. The van der Waals surface area contributed by atoms with Crippen molar-refractivity contribution < 1.29 is 32.6 Å². The number of ether oxygens (including phenoxy) is 1. The van der Waals surface area contributed by atoms with E-state index >= 15 is 0 Å². The van der Waals surface area contributed by atoms with Gasteiger partial charge in [-0.2, -0.15) is 0 Å². The van der Waals surface area contributed by atoms with Crippen LogP contribution < -0.4 is 10.1 Å². The molecule has 0 radical (unpaired) electrons. The van der Waals surface area contributed by atoms with E-state index < -0.39 is 36.5 Å². The monoisotopic (exact) mass is 381 g/mol. The largest absolute Gasteiger partial charge is 0.573 e. The minimum atomic E-state index is -4.82. The highest BCUT2D eigenvalue weighted by Gasteiger charge is 2.31. The molecule has 2 N–H and O–H groups in total. The molecular weight excluding hydrogens is 363 g/mol. The molecule has 1 amide bonds. The first kappa shape index (κ1) is 20.3. The molecule has 8 heteroatoms. The third-order valence-corrected chi connectivity index (χ3v) is 3.90. The van der Waals surface area contributed by atoms with Crippen molar-refractivity contribution in [3.63, 3.8) is 0 Å². The van der Waals surface area contributed by atoms with Gasteiger partial charge in [0.2, 0.25) is 5.91 Å². The summed E-state index contributed by atoms with van der Waals surface area (Å²) >= 11 is 0. The van der Waals surface area contributed by atoms with Crippen LogP contribution in [0, 0.1) is 0 Å². The maximum Gasteiger partial charge on any atom is 0.573 e. The Morgan fingerprint density at radius 3 is 2.15 bits per heavy atom. The molecule has 0 saturated heterocycles. The summed E-state index contributed by atoms with van der Waals surface area (Å²) in [6.07, 6.45) is -5.23. The minimum Gasteiger partial charge on any atom is -0.481 e. The molecule has 0 aliphatic carbocycles. The van der Waals surface area contributed by atoms with Crippen LogP contribution in [0.25, 0.3) is 0 Å². The number of carboxylic acid groups (broad SMARTS) is 1. The van der Waals surface area contributed by atoms with Gasteiger partial charge in [0.05, 0.1) is 18.4 Å². The number of rotatable bonds is 7. The molecule has 0 fully saturated rings. The van der Waals surface area contributed by atoms with Gasteiger partial charge < -0.3 is 15.2 Å². The van der Waals surface area contributed by atoms with E-state index in [-0.39, 0.29) is 5.91 Å². The smallest absolute Gasteiger partial charge is 0.481 e. The van der Waals surface area contributed by atoms with E-state index in [0.717, 1.165) is 17.7 Å². The molecule has 27 heavy (non-hydrogen) atoms. The van der Waals surface area contributed by atoms with Crippen LogP contribution >= 0.6 is 0 Å². The standard InChI is InChI=1S/C19H18F3NO4/c1-12(13-5-3-2-4-6-13)18(26)23-16(11-17(24)25)14-7-9-15(10-8-14)27-19(20,21)22/h2-10,12,16H,11H2,1H3,(H,23,26)(H,24,25)/t12-,16?/m1/s1. The van der Waals surface area contributed by atoms with Crippen LogP contribution in [0.5, 0.6) is 5.75 Å². The molecule has 2 rings (SSSR count). The third-order valence-electron chi connectivity index (χ3n) is 3.90. The van der Waals surface area contributed by atoms with E-state index in [1.54, 1.807) is 31.2 Å². The highest BCUT2D eigenvalue weighted by Crippen LogP contribution is 2.26. The Morgan fingerprint density at radius 2 is 1.63 bits per heavy atom. The van der Waals surface area contributed by atoms with Crippen LogP contribution in [-0.4, -0.2) is 23.3 Å². The van der Waals surface area contributed by atoms with Crippen LogP contribution in [0.4, 0.5) is 13.2 Å². The average Bonchev–Trinajstić information content (AvgIpc) is 2.60. The second kappa shape index (κ2) is 8.57. The summed E-state index contributed by atoms with van der Waals surface area (Å²) in [6.45, 7) is 1.68. The van der Waals surface area contributed by atoms with Crippen molar-refractivity contribution >= 4 is 11.9 Å². The number of alkyl halides is 3. The van der Waals surface area contributed by atoms with Gasteiger partial charge in [0.1, 0.15) is 5.75 Å². The Kier molecular flexibility index (Phi) is 6.44. The van der Waals surface area contributed by atoms with Crippen molar-refractivity contribution in [1.29, 1.82) is 0 Å². The molecule has 2 aromatic rings. The lowest BCUT2D eigenvalue weighted by Crippen LogP contribution is -2.33. The zero-order chi connectivity index (χ0) is 20.0. The molecule has 144 valence electrons. The molecular formula is C19H18F3NO4. The van der Waals surface area contributed by atoms with Crippen molar-refractivity contribution in [2.24, 2.45) is 0 Å². The number of carbonyl (C=O) groups is 2. The summed E-state index contributed by atoms with van der Waals surface area (Å²) in [7, 11) is 0. The normalized spacial score (nSPS) is 13.5. The van der Waals surface area contributed by atoms with Gasteiger partial charge >= 0.3 is 12.3 Å². The van der Waals surface area contributed by atoms with Gasteiger partial charge in [-0.3, -0.25) is 9.59 Å². The molecule has 0 bridgehead atoms. The van der Waals surface area contributed by atoms with E-state index in [4.69, 9.17) is 5.11 Å². The number of aliphatic carboxylic acids is 1. The van der Waals surface area contributed by atoms with Gasteiger partial charge in [0.15, 0.2) is 0 Å². The van der Waals surface area contributed by atoms with Crippen molar-refractivity contribution in [3.05, 3.63) is 65.7 Å². The van der Waals surface area contributed by atoms with E-state index in [1.807, 2.05) is 6.07 Å². The highest BCUT2D eigenvalue weighted by molar-refractivity contribution is 5.84. The van der Waals surface area contributed by atoms with Crippen LogP contribution in [-0.2, 0) is 9.59 Å². The van der Waals surface area contributed by atoms with Gasteiger partial charge in [-0.15, -0.1) is 13.2 Å². The van der Waals surface area contributed by atoms with Crippen LogP contribution in [0.3, 0.4) is 0 Å². The third kappa shape index (κ3) is 6.32. The topological polar surface area (TPSA) is 75.6 Å². The molecule has 2 atom stereocenters. The quantitative estimate of drug-likeness (QED) is 0.760. The molecule has 0 aromatic heterocycles. The second-order valence-corrected chi connectivity index (χ2v) is 5.91. The van der Waals surface area contributed by atoms with Gasteiger partial charge in [-0.05, 0) is 30.2 Å². The average molecular weight is 381 g/mol. The number of halogens is 3. The SMILES string of the molecule is C[C@@H](C(=O)NC(CC(=O)O)c1ccc(OC(F)(F)F)cc1)c1ccccc1. The maximum atomic E-state index is 12.5. The number of hydrogen-bond acceptors (Lipinski definition) is 3. The molecule has 1 unspecified atom stereocenters. The summed E-state index contributed by atoms with van der Waals surface area (Å²) in [5.41, 5.74) is 1.12. The maximum absolute atomic E-state index is 12.5. The first-order chi connectivity index (χ1) is 12.7. The Balaban J connectivity index is 2.15. The Morgan fingerprint density at radius 1 is 1.04 bits per heavy atom. The Bertz CT molecular complexity index is 776. The van der Waals surface area contributed by atoms with Crippen molar-refractivity contribution in [1.82, 2.24) is 5.32 Å². The predicted molar refractivity (Wildman–Crippen MR) is 91.1 cm³/mol. The number of benzene rings is 2. The molecule has 0 spiro atoms. The van der Waals surface area contributed by atoms with Gasteiger partial charge in [-0.25, -0.2) is 0 Å². The lowest BCUT2D eigenvalue weighted by atomic mass is 9.98. The van der Waals surface area contributed by atoms with E-state index in [9.17, 15) is 22.8 Å². The van der Waals surface area contributed by atoms with E-state index in [2.05, 4.69) is 10.1 Å². The molecule has 0 aliphatic rings. The van der Waals surface area contributed by atoms with Crippen molar-refractivity contribution in [2.75, 3.05) is 0 Å². The molecule has 0 aliphatic heterocycles. The zero-order valence-corrected chi connectivity index (χ0v) is 14.4. The summed E-state index contributed by atoms with van der Waals surface area (Å²) < 4.78 is 40.5. The molecule has 2 aromatic carbocycles. The van der Waals surface area contributed by atoms with E-state index in [1.165, 1.54) is 12.1 Å². The number of carboxylic acids is 1. The van der Waals surface area contributed by atoms with Gasteiger partial charge in [-0.1, -0.05) is 42.5 Å². The fourth-order valence-electron chi connectivity index (χ4n) is 2.52. The van der Waals surface area contributed by atoms with Crippen LogP contribution in [0.2, 0.25) is 0 Å². The number of carbonyl (C=O) groups excluding carboxylic acids is 1. The summed E-state index contributed by atoms with van der Waals surface area (Å²) in [5, 5.41) is 11.7. The molecule has 0 heterocycles. The first-order valence-corrected chi connectivity index (χ1v) is 8.08. The van der Waals surface area contributed by atoms with E-state index in [0.29, 0.717) is 5.56 Å². The van der Waals surface area contributed by atoms with Crippen LogP contribution in [0.15, 0.2) is 54.6 Å². The fourth-order valence-corrected chi connectivity index (χ4v) is 2.52. The predicted octanol–water partition coefficient (Wildman–Crippen LogP) is 4.02. The summed E-state index contributed by atoms with van der Waals surface area (Å²) in [6, 6.07) is 12.8. The van der Waals surface area contributed by atoms with Crippen LogP contribution in [0.1, 0.15) is 36.4 Å². The first-order valence-electron chi connectivity index (χ1n) is 8.08. The lowest BCUT2D eigenvalue weighted by Gasteiger charge is -2.21. The fraction of sp³-hybridized carbons (Fsp3) is 0.263. The van der Waals surface area contributed by atoms with Gasteiger partial charge in [0, 0.05) is 0 Å². The number of hydrogen-bond donors (Lipinski definition) is 2. The van der Waals surface area contributed by atoms with Gasteiger partial charge in [0.25, 0.3) is 0 Å². The number of nitrogens with one attached hydrogen (secondary N) is 1. The van der Waals surface area contributed by atoms with Crippen molar-refractivity contribution in [3.8, 4) is 5.75 Å². The number of amides is 1. The highest BCUT2D eigenvalue weighted by atomic mass is 19.4. The molecule has 0 saturated carbocycles. The summed E-state index contributed by atoms with van der Waals surface area (Å²) in [5.74, 6) is -2.48. The lowest BCUT2D eigenvalue weighted by molar-refractivity contribution is -0.274. The second-order valence-electron chi connectivity index (χ2n) is 5.91. The van der Waals surface area contributed by atoms with Crippen molar-refractivity contribution in [2.45, 2.75) is 31.7 Å².